The Kier molecular flexibility index (Phi) is 14.6. The van der Waals surface area contributed by atoms with E-state index in [2.05, 4.69) is 95.0 Å². The van der Waals surface area contributed by atoms with Crippen LogP contribution in [0.4, 0.5) is 0 Å². The van der Waals surface area contributed by atoms with Gasteiger partial charge in [0.15, 0.2) is 0 Å². The Morgan fingerprint density at radius 2 is 1.62 bits per heavy atom. The summed E-state index contributed by atoms with van der Waals surface area (Å²) in [6.45, 7) is 28.6. The van der Waals surface area contributed by atoms with E-state index >= 15 is 0 Å². The van der Waals surface area contributed by atoms with Gasteiger partial charge in [-0.3, -0.25) is 4.99 Å². The second kappa shape index (κ2) is 16.3. The predicted octanol–water partition coefficient (Wildman–Crippen LogP) is 9.06. The van der Waals surface area contributed by atoms with Crippen molar-refractivity contribution in [1.82, 2.24) is 5.32 Å². The molecule has 0 fully saturated rings. The summed E-state index contributed by atoms with van der Waals surface area (Å²) in [5.74, 6) is 0. The maximum Gasteiger partial charge on any atom is 0.0385 e. The van der Waals surface area contributed by atoms with Crippen LogP contribution in [0.1, 0.15) is 65.2 Å². The molecule has 0 bridgehead atoms. The lowest BCUT2D eigenvalue weighted by molar-refractivity contribution is 1.07. The SMILES string of the molecule is C=C/C=C(C=C(C)C)/C(C)=C/C(C=C)=C(C)/C=C(\C)NC(=C)c1cccc(C=NC)c1C.CC. The number of allylic oxidation sites excluding steroid dienone is 12. The van der Waals surface area contributed by atoms with Crippen LogP contribution in [0.25, 0.3) is 5.70 Å². The van der Waals surface area contributed by atoms with Gasteiger partial charge < -0.3 is 5.32 Å². The Labute approximate surface area is 209 Å². The smallest absolute Gasteiger partial charge is 0.0385 e. The highest BCUT2D eigenvalue weighted by molar-refractivity contribution is 5.84. The van der Waals surface area contributed by atoms with Crippen LogP contribution in [0.3, 0.4) is 0 Å². The van der Waals surface area contributed by atoms with Crippen LogP contribution in [0, 0.1) is 6.92 Å². The minimum Gasteiger partial charge on any atom is -0.359 e. The van der Waals surface area contributed by atoms with Gasteiger partial charge in [-0.15, -0.1) is 0 Å². The van der Waals surface area contributed by atoms with E-state index in [-0.39, 0.29) is 0 Å². The molecule has 0 amide bonds. The van der Waals surface area contributed by atoms with Crippen molar-refractivity contribution in [1.29, 1.82) is 0 Å². The minimum atomic E-state index is 0.863. The number of nitrogens with zero attached hydrogens (tertiary/aromatic N) is 1. The Morgan fingerprint density at radius 3 is 2.15 bits per heavy atom. The summed E-state index contributed by atoms with van der Waals surface area (Å²) < 4.78 is 0. The highest BCUT2D eigenvalue weighted by Gasteiger charge is 2.07. The summed E-state index contributed by atoms with van der Waals surface area (Å²) in [5, 5.41) is 3.44. The molecule has 0 unspecified atom stereocenters. The first-order valence-electron chi connectivity index (χ1n) is 11.8. The third-order valence-electron chi connectivity index (χ3n) is 4.99. The van der Waals surface area contributed by atoms with Crippen molar-refractivity contribution in [3.8, 4) is 0 Å². The Hall–Kier alpha value is -3.39. The molecule has 1 aromatic rings. The first-order valence-corrected chi connectivity index (χ1v) is 11.8. The molecule has 0 aliphatic rings. The molecule has 0 aliphatic carbocycles. The Balaban J connectivity index is 0.00000529. The third kappa shape index (κ3) is 10.0. The van der Waals surface area contributed by atoms with Crippen molar-refractivity contribution in [3.05, 3.63) is 125 Å². The van der Waals surface area contributed by atoms with E-state index in [0.717, 1.165) is 50.4 Å². The van der Waals surface area contributed by atoms with E-state index in [9.17, 15) is 0 Å². The topological polar surface area (TPSA) is 24.4 Å². The highest BCUT2D eigenvalue weighted by atomic mass is 14.9. The lowest BCUT2D eigenvalue weighted by atomic mass is 9.99. The van der Waals surface area contributed by atoms with Crippen LogP contribution in [-0.4, -0.2) is 13.3 Å². The van der Waals surface area contributed by atoms with Crippen molar-refractivity contribution in [2.75, 3.05) is 7.05 Å². The molecule has 1 aromatic carbocycles. The molecule has 0 saturated carbocycles. The zero-order valence-corrected chi connectivity index (χ0v) is 22.8. The van der Waals surface area contributed by atoms with Gasteiger partial charge in [0.05, 0.1) is 0 Å². The fourth-order valence-electron chi connectivity index (χ4n) is 3.39. The zero-order valence-electron chi connectivity index (χ0n) is 22.8. The number of hydrogen-bond donors (Lipinski definition) is 1. The fraction of sp³-hybridized carbons (Fsp3) is 0.281. The minimum absolute atomic E-state index is 0.863. The van der Waals surface area contributed by atoms with Gasteiger partial charge in [0.2, 0.25) is 0 Å². The summed E-state index contributed by atoms with van der Waals surface area (Å²) in [6.07, 6.45) is 14.1. The van der Waals surface area contributed by atoms with E-state index < -0.39 is 0 Å². The van der Waals surface area contributed by atoms with E-state index in [0.29, 0.717) is 0 Å². The molecule has 0 spiro atoms. The van der Waals surface area contributed by atoms with Crippen LogP contribution >= 0.6 is 0 Å². The molecular formula is C32H44N2. The summed E-state index contributed by atoms with van der Waals surface area (Å²) in [4.78, 5) is 4.14. The van der Waals surface area contributed by atoms with Crippen LogP contribution in [-0.2, 0) is 0 Å². The molecular weight excluding hydrogens is 412 g/mol. The van der Waals surface area contributed by atoms with Crippen LogP contribution < -0.4 is 5.32 Å². The lowest BCUT2D eigenvalue weighted by Gasteiger charge is -2.14. The lowest BCUT2D eigenvalue weighted by Crippen LogP contribution is -2.10. The van der Waals surface area contributed by atoms with Crippen LogP contribution in [0.2, 0.25) is 0 Å². The largest absolute Gasteiger partial charge is 0.359 e. The van der Waals surface area contributed by atoms with Gasteiger partial charge in [-0.05, 0) is 81.0 Å². The van der Waals surface area contributed by atoms with E-state index in [1.165, 1.54) is 5.57 Å². The molecule has 182 valence electrons. The monoisotopic (exact) mass is 456 g/mol. The number of aliphatic imine (C=N–C) groups is 1. The summed E-state index contributed by atoms with van der Waals surface area (Å²) >= 11 is 0. The zero-order chi connectivity index (χ0) is 26.3. The van der Waals surface area contributed by atoms with Gasteiger partial charge in [0, 0.05) is 30.2 Å². The van der Waals surface area contributed by atoms with E-state index in [1.807, 2.05) is 51.3 Å². The highest BCUT2D eigenvalue weighted by Crippen LogP contribution is 2.21. The molecule has 2 nitrogen and oxygen atoms in total. The molecule has 2 heteroatoms. The molecule has 0 saturated heterocycles. The number of nitrogens with one attached hydrogen (secondary N) is 1. The molecule has 0 heterocycles. The average Bonchev–Trinajstić information content (AvgIpc) is 2.79. The predicted molar refractivity (Wildman–Crippen MR) is 156 cm³/mol. The molecule has 1 rings (SSSR count). The third-order valence-corrected chi connectivity index (χ3v) is 4.99. The molecule has 0 aliphatic heterocycles. The number of benzene rings is 1. The number of rotatable bonds is 10. The second-order valence-corrected chi connectivity index (χ2v) is 8.09. The van der Waals surface area contributed by atoms with Gasteiger partial charge in [0.25, 0.3) is 0 Å². The maximum absolute atomic E-state index is 4.25. The van der Waals surface area contributed by atoms with Gasteiger partial charge in [-0.2, -0.15) is 0 Å². The Morgan fingerprint density at radius 1 is 0.971 bits per heavy atom. The van der Waals surface area contributed by atoms with Crippen molar-refractivity contribution in [2.24, 2.45) is 4.99 Å². The van der Waals surface area contributed by atoms with Gasteiger partial charge in [0.1, 0.15) is 0 Å². The quantitative estimate of drug-likeness (QED) is 0.275. The first kappa shape index (κ1) is 30.6. The first-order chi connectivity index (χ1) is 16.1. The van der Waals surface area contributed by atoms with Crippen molar-refractivity contribution in [3.63, 3.8) is 0 Å². The molecule has 0 aromatic heterocycles. The van der Waals surface area contributed by atoms with E-state index in [4.69, 9.17) is 0 Å². The summed E-state index contributed by atoms with van der Waals surface area (Å²) in [5.41, 5.74) is 11.0. The standard InChI is InChI=1S/C30H38N2.C2H6/c1-11-14-28(17-21(3)4)23(6)19-27(12-2)22(5)18-24(7)32-26(9)30-16-13-15-29(20-31-10)25(30)8;1-2/h11-20,32H,1-2,9H2,3-8,10H3;1-2H3/b23-19+,24-18+,27-22+,28-14+,31-20?;. The van der Waals surface area contributed by atoms with Crippen LogP contribution in [0.5, 0.6) is 0 Å². The molecule has 0 radical (unpaired) electrons. The van der Waals surface area contributed by atoms with Gasteiger partial charge >= 0.3 is 0 Å². The summed E-state index contributed by atoms with van der Waals surface area (Å²) in [7, 11) is 1.78. The summed E-state index contributed by atoms with van der Waals surface area (Å²) in [6, 6.07) is 6.16. The van der Waals surface area contributed by atoms with E-state index in [1.54, 1.807) is 7.05 Å². The molecule has 34 heavy (non-hydrogen) atoms. The average molecular weight is 457 g/mol. The normalized spacial score (nSPS) is 12.9. The Bertz CT molecular complexity index is 1050. The molecule has 0 atom stereocenters. The van der Waals surface area contributed by atoms with Gasteiger partial charge in [-0.25, -0.2) is 0 Å². The fourth-order valence-corrected chi connectivity index (χ4v) is 3.39. The number of hydrogen-bond acceptors (Lipinski definition) is 2. The van der Waals surface area contributed by atoms with Crippen molar-refractivity contribution >= 4 is 11.9 Å². The maximum atomic E-state index is 4.25. The molecule has 1 N–H and O–H groups in total. The van der Waals surface area contributed by atoms with Crippen molar-refractivity contribution in [2.45, 2.75) is 55.4 Å². The van der Waals surface area contributed by atoms with Gasteiger partial charge in [-0.1, -0.05) is 87.7 Å². The van der Waals surface area contributed by atoms with Crippen LogP contribution in [0.15, 0.2) is 113 Å². The second-order valence-electron chi connectivity index (χ2n) is 8.09. The van der Waals surface area contributed by atoms with Crippen molar-refractivity contribution < 1.29 is 0 Å².